The van der Waals surface area contributed by atoms with Gasteiger partial charge in [-0.1, -0.05) is 24.3 Å². The molecule has 2 aromatic rings. The fraction of sp³-hybridized carbons (Fsp3) is 0.200. The summed E-state index contributed by atoms with van der Waals surface area (Å²) in [4.78, 5) is 15.9. The van der Waals surface area contributed by atoms with E-state index in [-0.39, 0.29) is 12.1 Å². The molecule has 5 nitrogen and oxygen atoms in total. The first-order chi connectivity index (χ1) is 9.74. The van der Waals surface area contributed by atoms with E-state index in [4.69, 9.17) is 0 Å². The zero-order valence-electron chi connectivity index (χ0n) is 10.8. The first-order valence-corrected chi connectivity index (χ1v) is 6.47. The number of anilines is 1. The third-order valence-corrected chi connectivity index (χ3v) is 3.43. The zero-order valence-corrected chi connectivity index (χ0v) is 10.8. The summed E-state index contributed by atoms with van der Waals surface area (Å²) in [6.45, 7) is 0. The minimum Gasteiger partial charge on any atom is -0.390 e. The standard InChI is InChI=1S/C15H15N3O2/c19-13-9-10-3-1-2-4-12(10)14(13)18-15(20)17-11-5-7-16-8-6-11/h1-8,13-14,19H,9H2,(H2,16,17,18,20). The Labute approximate surface area is 116 Å². The molecule has 0 saturated carbocycles. The second-order valence-corrected chi connectivity index (χ2v) is 4.78. The quantitative estimate of drug-likeness (QED) is 0.779. The maximum atomic E-state index is 12.0. The molecular formula is C15H15N3O2. The third-order valence-electron chi connectivity index (χ3n) is 3.43. The van der Waals surface area contributed by atoms with Crippen molar-refractivity contribution in [2.24, 2.45) is 0 Å². The molecule has 1 aliphatic carbocycles. The summed E-state index contributed by atoms with van der Waals surface area (Å²) in [5.74, 6) is 0. The lowest BCUT2D eigenvalue weighted by molar-refractivity contribution is 0.144. The van der Waals surface area contributed by atoms with Crippen LogP contribution in [0, 0.1) is 0 Å². The van der Waals surface area contributed by atoms with Gasteiger partial charge in [0.15, 0.2) is 0 Å². The van der Waals surface area contributed by atoms with Crippen molar-refractivity contribution >= 4 is 11.7 Å². The Morgan fingerprint density at radius 3 is 2.75 bits per heavy atom. The van der Waals surface area contributed by atoms with E-state index in [2.05, 4.69) is 15.6 Å². The van der Waals surface area contributed by atoms with Crippen LogP contribution in [0.3, 0.4) is 0 Å². The van der Waals surface area contributed by atoms with Gasteiger partial charge in [0.1, 0.15) is 0 Å². The molecule has 1 heterocycles. The van der Waals surface area contributed by atoms with Crippen LogP contribution < -0.4 is 10.6 Å². The Kier molecular flexibility index (Phi) is 3.35. The smallest absolute Gasteiger partial charge is 0.319 e. The Morgan fingerprint density at radius 2 is 1.95 bits per heavy atom. The van der Waals surface area contributed by atoms with Crippen LogP contribution in [0.2, 0.25) is 0 Å². The highest BCUT2D eigenvalue weighted by Gasteiger charge is 2.31. The summed E-state index contributed by atoms with van der Waals surface area (Å²) in [5, 5.41) is 15.6. The number of nitrogens with one attached hydrogen (secondary N) is 2. The predicted molar refractivity (Wildman–Crippen MR) is 75.3 cm³/mol. The molecule has 0 aliphatic heterocycles. The van der Waals surface area contributed by atoms with Crippen LogP contribution in [-0.4, -0.2) is 22.2 Å². The van der Waals surface area contributed by atoms with Crippen LogP contribution in [0.15, 0.2) is 48.8 Å². The maximum Gasteiger partial charge on any atom is 0.319 e. The molecule has 2 atom stereocenters. The molecule has 1 aromatic carbocycles. The van der Waals surface area contributed by atoms with Gasteiger partial charge in [-0.2, -0.15) is 0 Å². The molecule has 1 aromatic heterocycles. The molecule has 5 heteroatoms. The Balaban J connectivity index is 1.70. The number of aliphatic hydroxyl groups excluding tert-OH is 1. The molecule has 0 saturated heterocycles. The number of aromatic nitrogens is 1. The van der Waals surface area contributed by atoms with Crippen molar-refractivity contribution in [1.82, 2.24) is 10.3 Å². The number of rotatable bonds is 2. The average Bonchev–Trinajstić information content (AvgIpc) is 2.76. The summed E-state index contributed by atoms with van der Waals surface area (Å²) in [6.07, 6.45) is 3.19. The molecule has 0 fully saturated rings. The third kappa shape index (κ3) is 2.48. The number of amides is 2. The van der Waals surface area contributed by atoms with Crippen LogP contribution >= 0.6 is 0 Å². The molecule has 20 heavy (non-hydrogen) atoms. The number of hydrogen-bond donors (Lipinski definition) is 3. The predicted octanol–water partition coefficient (Wildman–Crippen LogP) is 1.86. The summed E-state index contributed by atoms with van der Waals surface area (Å²) < 4.78 is 0. The molecular weight excluding hydrogens is 254 g/mol. The van der Waals surface area contributed by atoms with Crippen LogP contribution in [0.1, 0.15) is 17.2 Å². The van der Waals surface area contributed by atoms with E-state index in [1.54, 1.807) is 24.5 Å². The lowest BCUT2D eigenvalue weighted by Crippen LogP contribution is -2.36. The van der Waals surface area contributed by atoms with Gasteiger partial charge >= 0.3 is 6.03 Å². The number of nitrogens with zero attached hydrogens (tertiary/aromatic N) is 1. The van der Waals surface area contributed by atoms with Crippen molar-refractivity contribution in [3.8, 4) is 0 Å². The van der Waals surface area contributed by atoms with E-state index in [1.165, 1.54) is 0 Å². The van der Waals surface area contributed by atoms with E-state index in [0.29, 0.717) is 12.1 Å². The van der Waals surface area contributed by atoms with Crippen LogP contribution in [0.4, 0.5) is 10.5 Å². The fourth-order valence-corrected chi connectivity index (χ4v) is 2.49. The summed E-state index contributed by atoms with van der Waals surface area (Å²) >= 11 is 0. The number of carbonyl (C=O) groups is 1. The first kappa shape index (κ1) is 12.6. The van der Waals surface area contributed by atoms with E-state index in [0.717, 1.165) is 11.1 Å². The van der Waals surface area contributed by atoms with E-state index in [9.17, 15) is 9.90 Å². The van der Waals surface area contributed by atoms with E-state index < -0.39 is 6.10 Å². The van der Waals surface area contributed by atoms with Crippen LogP contribution in [0.25, 0.3) is 0 Å². The lowest BCUT2D eigenvalue weighted by atomic mass is 10.1. The van der Waals surface area contributed by atoms with Gasteiger partial charge in [-0.05, 0) is 23.3 Å². The van der Waals surface area contributed by atoms with Crippen molar-refractivity contribution < 1.29 is 9.90 Å². The molecule has 3 N–H and O–H groups in total. The van der Waals surface area contributed by atoms with Gasteiger partial charge in [0.2, 0.25) is 0 Å². The van der Waals surface area contributed by atoms with Gasteiger partial charge in [-0.3, -0.25) is 4.98 Å². The van der Waals surface area contributed by atoms with Gasteiger partial charge < -0.3 is 15.7 Å². The maximum absolute atomic E-state index is 12.0. The Hall–Kier alpha value is -2.40. The van der Waals surface area contributed by atoms with Crippen molar-refractivity contribution in [3.63, 3.8) is 0 Å². The van der Waals surface area contributed by atoms with Crippen molar-refractivity contribution in [2.45, 2.75) is 18.6 Å². The molecule has 102 valence electrons. The largest absolute Gasteiger partial charge is 0.390 e. The molecule has 3 rings (SSSR count). The number of pyridine rings is 1. The van der Waals surface area contributed by atoms with E-state index in [1.807, 2.05) is 24.3 Å². The van der Waals surface area contributed by atoms with E-state index >= 15 is 0 Å². The van der Waals surface area contributed by atoms with Crippen LogP contribution in [0.5, 0.6) is 0 Å². The van der Waals surface area contributed by atoms with Gasteiger partial charge in [0.05, 0.1) is 12.1 Å². The monoisotopic (exact) mass is 269 g/mol. The van der Waals surface area contributed by atoms with Gasteiger partial charge in [0.25, 0.3) is 0 Å². The topological polar surface area (TPSA) is 74.2 Å². The first-order valence-electron chi connectivity index (χ1n) is 6.47. The number of aliphatic hydroxyl groups is 1. The number of carbonyl (C=O) groups excluding carboxylic acids is 1. The van der Waals surface area contributed by atoms with Gasteiger partial charge in [0, 0.05) is 24.5 Å². The van der Waals surface area contributed by atoms with Crippen LogP contribution in [-0.2, 0) is 6.42 Å². The number of urea groups is 1. The highest BCUT2D eigenvalue weighted by Crippen LogP contribution is 2.31. The molecule has 2 unspecified atom stereocenters. The molecule has 1 aliphatic rings. The minimum atomic E-state index is -0.587. The summed E-state index contributed by atoms with van der Waals surface area (Å²) in [7, 11) is 0. The van der Waals surface area contributed by atoms with Crippen molar-refractivity contribution in [3.05, 3.63) is 59.9 Å². The fourth-order valence-electron chi connectivity index (χ4n) is 2.49. The molecule has 0 spiro atoms. The Bertz CT molecular complexity index is 616. The highest BCUT2D eigenvalue weighted by atomic mass is 16.3. The average molecular weight is 269 g/mol. The number of fused-ring (bicyclic) bond motifs is 1. The zero-order chi connectivity index (χ0) is 13.9. The number of benzene rings is 1. The van der Waals surface area contributed by atoms with Gasteiger partial charge in [-0.25, -0.2) is 4.79 Å². The van der Waals surface area contributed by atoms with Crippen molar-refractivity contribution in [2.75, 3.05) is 5.32 Å². The normalized spacial score (nSPS) is 20.2. The van der Waals surface area contributed by atoms with Gasteiger partial charge in [-0.15, -0.1) is 0 Å². The SMILES string of the molecule is O=C(Nc1ccncc1)NC1c2ccccc2CC1O. The molecule has 0 radical (unpaired) electrons. The second-order valence-electron chi connectivity index (χ2n) is 4.78. The summed E-state index contributed by atoms with van der Waals surface area (Å²) in [5.41, 5.74) is 2.72. The minimum absolute atomic E-state index is 0.336. The summed E-state index contributed by atoms with van der Waals surface area (Å²) in [6, 6.07) is 10.5. The highest BCUT2D eigenvalue weighted by molar-refractivity contribution is 5.89. The lowest BCUT2D eigenvalue weighted by Gasteiger charge is -2.18. The molecule has 0 bridgehead atoms. The molecule has 2 amide bonds. The Morgan fingerprint density at radius 1 is 1.20 bits per heavy atom. The second kappa shape index (κ2) is 5.30. The van der Waals surface area contributed by atoms with Crippen molar-refractivity contribution in [1.29, 1.82) is 0 Å². The number of hydrogen-bond acceptors (Lipinski definition) is 3.